The van der Waals surface area contributed by atoms with Gasteiger partial charge in [0.2, 0.25) is 11.8 Å². The zero-order chi connectivity index (χ0) is 22.9. The van der Waals surface area contributed by atoms with Crippen molar-refractivity contribution in [1.29, 1.82) is 0 Å². The molecule has 2 aromatic rings. The van der Waals surface area contributed by atoms with Gasteiger partial charge in [0.25, 0.3) is 0 Å². The quantitative estimate of drug-likeness (QED) is 0.450. The number of nitrogens with zero attached hydrogens (tertiary/aromatic N) is 3. The third-order valence-electron chi connectivity index (χ3n) is 5.50. The van der Waals surface area contributed by atoms with Crippen molar-refractivity contribution in [3.8, 4) is 5.88 Å². The maximum absolute atomic E-state index is 13.2. The van der Waals surface area contributed by atoms with Gasteiger partial charge < -0.3 is 9.64 Å². The minimum Gasteiger partial charge on any atom is -0.478 e. The van der Waals surface area contributed by atoms with E-state index in [1.54, 1.807) is 6.20 Å². The van der Waals surface area contributed by atoms with E-state index in [0.29, 0.717) is 25.6 Å². The second-order valence-corrected chi connectivity index (χ2v) is 8.94. The Bertz CT molecular complexity index is 791. The summed E-state index contributed by atoms with van der Waals surface area (Å²) in [6.07, 6.45) is 3.83. The number of anilines is 1. The summed E-state index contributed by atoms with van der Waals surface area (Å²) < 4.78 is 5.68. The number of carbonyl (C=O) groups excluding carboxylic acids is 1. The lowest BCUT2D eigenvalue weighted by atomic mass is 9.87. The minimum atomic E-state index is 0.0741. The Balaban J connectivity index is 2.23. The molecule has 0 aliphatic rings. The van der Waals surface area contributed by atoms with Crippen molar-refractivity contribution in [3.05, 3.63) is 53.7 Å². The zero-order valence-corrected chi connectivity index (χ0v) is 20.1. The molecule has 0 fully saturated rings. The minimum absolute atomic E-state index is 0.0741. The van der Waals surface area contributed by atoms with E-state index in [1.165, 1.54) is 5.56 Å². The number of hydrogen-bond acceptors (Lipinski definition) is 4. The Morgan fingerprint density at radius 3 is 2.19 bits per heavy atom. The van der Waals surface area contributed by atoms with E-state index < -0.39 is 0 Å². The molecule has 31 heavy (non-hydrogen) atoms. The van der Waals surface area contributed by atoms with Crippen molar-refractivity contribution in [2.75, 3.05) is 31.1 Å². The van der Waals surface area contributed by atoms with Gasteiger partial charge >= 0.3 is 0 Å². The molecule has 5 heteroatoms. The van der Waals surface area contributed by atoms with E-state index in [0.717, 1.165) is 37.2 Å². The highest BCUT2D eigenvalue weighted by atomic mass is 16.5. The first-order chi connectivity index (χ1) is 14.8. The van der Waals surface area contributed by atoms with Gasteiger partial charge in [0, 0.05) is 6.07 Å². The molecule has 5 nitrogen and oxygen atoms in total. The molecule has 0 spiro atoms. The number of ether oxygens (including phenoxy) is 1. The third kappa shape index (κ3) is 7.66. The van der Waals surface area contributed by atoms with Gasteiger partial charge in [0.1, 0.15) is 0 Å². The number of benzene rings is 1. The molecule has 0 N–H and O–H groups in total. The van der Waals surface area contributed by atoms with Crippen LogP contribution in [-0.4, -0.2) is 42.0 Å². The molecule has 2 rings (SSSR count). The topological polar surface area (TPSA) is 45.7 Å². The van der Waals surface area contributed by atoms with E-state index in [-0.39, 0.29) is 11.3 Å². The standard InChI is InChI=1S/C26H39N3O2/c1-7-10-17-31-24-16-15-23(18-27-24)29(25(30)20-28(8-2)9-3)19-21-11-13-22(14-12-21)26(4,5)6/h11-16,18H,7-10,17,19-20H2,1-6H3. The van der Waals surface area contributed by atoms with E-state index >= 15 is 0 Å². The van der Waals surface area contributed by atoms with Gasteiger partial charge in [-0.2, -0.15) is 0 Å². The first kappa shape index (κ1) is 24.9. The van der Waals surface area contributed by atoms with Crippen LogP contribution in [0.15, 0.2) is 42.6 Å². The molecule has 1 heterocycles. The third-order valence-corrected chi connectivity index (χ3v) is 5.50. The fraction of sp³-hybridized carbons (Fsp3) is 0.538. The van der Waals surface area contributed by atoms with Gasteiger partial charge in [-0.3, -0.25) is 9.69 Å². The molecule has 0 saturated carbocycles. The lowest BCUT2D eigenvalue weighted by Crippen LogP contribution is -2.40. The van der Waals surface area contributed by atoms with Gasteiger partial charge in [-0.05, 0) is 42.1 Å². The first-order valence-corrected chi connectivity index (χ1v) is 11.5. The highest BCUT2D eigenvalue weighted by Crippen LogP contribution is 2.24. The number of amides is 1. The molecular weight excluding hydrogens is 386 g/mol. The molecule has 1 aromatic heterocycles. The number of likely N-dealkylation sites (N-methyl/N-ethyl adjacent to an activating group) is 1. The second kappa shape index (κ2) is 11.8. The van der Waals surface area contributed by atoms with Crippen LogP contribution in [0.1, 0.15) is 65.5 Å². The number of rotatable bonds is 11. The summed E-state index contributed by atoms with van der Waals surface area (Å²) in [5.74, 6) is 0.674. The summed E-state index contributed by atoms with van der Waals surface area (Å²) in [6, 6.07) is 12.3. The fourth-order valence-corrected chi connectivity index (χ4v) is 3.28. The fourth-order valence-electron chi connectivity index (χ4n) is 3.28. The molecule has 170 valence electrons. The monoisotopic (exact) mass is 425 g/mol. The van der Waals surface area contributed by atoms with Crippen LogP contribution < -0.4 is 9.64 Å². The summed E-state index contributed by atoms with van der Waals surface area (Å²) >= 11 is 0. The number of pyridine rings is 1. The van der Waals surface area contributed by atoms with Gasteiger partial charge in [-0.1, -0.05) is 72.2 Å². The van der Waals surface area contributed by atoms with Crippen LogP contribution in [0.2, 0.25) is 0 Å². The van der Waals surface area contributed by atoms with Crippen LogP contribution >= 0.6 is 0 Å². The van der Waals surface area contributed by atoms with E-state index in [9.17, 15) is 4.79 Å². The number of aromatic nitrogens is 1. The van der Waals surface area contributed by atoms with Crippen LogP contribution in [0.3, 0.4) is 0 Å². The van der Waals surface area contributed by atoms with Crippen LogP contribution in [0.4, 0.5) is 5.69 Å². The van der Waals surface area contributed by atoms with Crippen molar-refractivity contribution in [1.82, 2.24) is 9.88 Å². The molecule has 0 bridgehead atoms. The summed E-state index contributed by atoms with van der Waals surface area (Å²) in [5, 5.41) is 0. The van der Waals surface area contributed by atoms with Crippen molar-refractivity contribution in [2.45, 2.75) is 66.3 Å². The van der Waals surface area contributed by atoms with Crippen molar-refractivity contribution < 1.29 is 9.53 Å². The highest BCUT2D eigenvalue weighted by molar-refractivity contribution is 5.94. The largest absolute Gasteiger partial charge is 0.478 e. The molecule has 0 saturated heterocycles. The van der Waals surface area contributed by atoms with Crippen LogP contribution in [0, 0.1) is 0 Å². The number of carbonyl (C=O) groups is 1. The predicted molar refractivity (Wildman–Crippen MR) is 129 cm³/mol. The maximum Gasteiger partial charge on any atom is 0.241 e. The summed E-state index contributed by atoms with van der Waals surface area (Å²) in [5.41, 5.74) is 3.28. The normalized spacial score (nSPS) is 11.6. The zero-order valence-electron chi connectivity index (χ0n) is 20.1. The molecule has 0 radical (unpaired) electrons. The Morgan fingerprint density at radius 1 is 1.00 bits per heavy atom. The van der Waals surface area contributed by atoms with Crippen LogP contribution in [-0.2, 0) is 16.8 Å². The van der Waals surface area contributed by atoms with Gasteiger partial charge in [0.05, 0.1) is 31.6 Å². The molecule has 0 aliphatic carbocycles. The predicted octanol–water partition coefficient (Wildman–Crippen LogP) is 5.43. The lowest BCUT2D eigenvalue weighted by molar-refractivity contribution is -0.119. The van der Waals surface area contributed by atoms with Crippen molar-refractivity contribution in [3.63, 3.8) is 0 Å². The maximum atomic E-state index is 13.2. The average molecular weight is 426 g/mol. The Morgan fingerprint density at radius 2 is 1.68 bits per heavy atom. The summed E-state index contributed by atoms with van der Waals surface area (Å²) in [6.45, 7) is 16.2. The lowest BCUT2D eigenvalue weighted by Gasteiger charge is -2.27. The Labute approximate surface area is 188 Å². The van der Waals surface area contributed by atoms with Gasteiger partial charge in [-0.25, -0.2) is 4.98 Å². The SMILES string of the molecule is CCCCOc1ccc(N(Cc2ccc(C(C)(C)C)cc2)C(=O)CN(CC)CC)cn1. The van der Waals surface area contributed by atoms with Crippen molar-refractivity contribution in [2.24, 2.45) is 0 Å². The summed E-state index contributed by atoms with van der Waals surface area (Å²) in [7, 11) is 0. The average Bonchev–Trinajstić information content (AvgIpc) is 2.76. The Hall–Kier alpha value is -2.40. The smallest absolute Gasteiger partial charge is 0.241 e. The molecule has 0 unspecified atom stereocenters. The summed E-state index contributed by atoms with van der Waals surface area (Å²) in [4.78, 5) is 21.6. The van der Waals surface area contributed by atoms with Crippen LogP contribution in [0.25, 0.3) is 0 Å². The van der Waals surface area contributed by atoms with Gasteiger partial charge in [-0.15, -0.1) is 0 Å². The first-order valence-electron chi connectivity index (χ1n) is 11.5. The van der Waals surface area contributed by atoms with Crippen molar-refractivity contribution >= 4 is 11.6 Å². The van der Waals surface area contributed by atoms with E-state index in [2.05, 4.69) is 75.7 Å². The van der Waals surface area contributed by atoms with E-state index in [4.69, 9.17) is 4.74 Å². The number of hydrogen-bond donors (Lipinski definition) is 0. The Kier molecular flexibility index (Phi) is 9.50. The molecular formula is C26H39N3O2. The second-order valence-electron chi connectivity index (χ2n) is 8.94. The highest BCUT2D eigenvalue weighted by Gasteiger charge is 2.20. The molecule has 1 aromatic carbocycles. The van der Waals surface area contributed by atoms with E-state index in [1.807, 2.05) is 17.0 Å². The molecule has 0 aliphatic heterocycles. The molecule has 0 atom stereocenters. The van der Waals surface area contributed by atoms with Crippen LogP contribution in [0.5, 0.6) is 5.88 Å². The van der Waals surface area contributed by atoms with Gasteiger partial charge in [0.15, 0.2) is 0 Å². The molecule has 1 amide bonds. The number of unbranched alkanes of at least 4 members (excludes halogenated alkanes) is 1.